The average molecular weight is 344 g/mol. The Labute approximate surface area is 124 Å². The maximum Gasteiger partial charge on any atom is 0.186 e. The molecule has 0 radical (unpaired) electrons. The Morgan fingerprint density at radius 2 is 1.72 bits per heavy atom. The molecule has 0 aliphatic heterocycles. The van der Waals surface area contributed by atoms with Gasteiger partial charge in [0.05, 0.1) is 5.02 Å². The summed E-state index contributed by atoms with van der Waals surface area (Å²) in [5, 5.41) is -0.331. The van der Waals surface area contributed by atoms with Gasteiger partial charge < -0.3 is 0 Å². The molecule has 1 nitrogen and oxygen atoms in total. The van der Waals surface area contributed by atoms with Gasteiger partial charge in [-0.2, -0.15) is 0 Å². The Hall–Kier alpha value is -0.830. The van der Waals surface area contributed by atoms with Crippen LogP contribution in [0.1, 0.15) is 21.3 Å². The highest BCUT2D eigenvalue weighted by Crippen LogP contribution is 2.31. The Bertz CT molecular complexity index is 569. The third-order valence-corrected chi connectivity index (χ3v) is 4.29. The number of hydrogen-bond donors (Lipinski definition) is 0. The molecule has 92 valence electrons. The highest BCUT2D eigenvalue weighted by atomic mass is 79.9. The first-order valence-electron chi connectivity index (χ1n) is 5.28. The molecule has 0 heterocycles. The average Bonchev–Trinajstić information content (AvgIpc) is 2.41. The fourth-order valence-corrected chi connectivity index (χ4v) is 2.45. The van der Waals surface area contributed by atoms with E-state index in [1.807, 2.05) is 30.3 Å². The van der Waals surface area contributed by atoms with Crippen molar-refractivity contribution in [2.75, 3.05) is 0 Å². The summed E-state index contributed by atoms with van der Waals surface area (Å²) in [6.45, 7) is 0. The molecule has 0 spiro atoms. The minimum atomic E-state index is -0.724. The lowest BCUT2D eigenvalue weighted by molar-refractivity contribution is 0.0987. The molecule has 0 aliphatic rings. The fraction of sp³-hybridized carbons (Fsp3) is 0.0714. The van der Waals surface area contributed by atoms with Crippen LogP contribution in [0.2, 0.25) is 5.02 Å². The van der Waals surface area contributed by atoms with E-state index in [1.54, 1.807) is 18.2 Å². The van der Waals surface area contributed by atoms with Gasteiger partial charge in [0.2, 0.25) is 0 Å². The first-order valence-corrected chi connectivity index (χ1v) is 6.89. The van der Waals surface area contributed by atoms with Gasteiger partial charge in [-0.05, 0) is 33.6 Å². The molecule has 2 aromatic carbocycles. The summed E-state index contributed by atoms with van der Waals surface area (Å²) in [5.74, 6) is -0.200. The summed E-state index contributed by atoms with van der Waals surface area (Å²) >= 11 is 15.6. The number of carbonyl (C=O) groups is 1. The van der Waals surface area contributed by atoms with Crippen LogP contribution in [0.3, 0.4) is 0 Å². The van der Waals surface area contributed by atoms with Crippen molar-refractivity contribution in [3.05, 3.63) is 69.2 Å². The Morgan fingerprint density at radius 3 is 2.39 bits per heavy atom. The van der Waals surface area contributed by atoms with Crippen LogP contribution >= 0.6 is 39.1 Å². The second-order valence-corrected chi connectivity index (χ2v) is 5.41. The van der Waals surface area contributed by atoms with Crippen LogP contribution in [0, 0.1) is 0 Å². The van der Waals surface area contributed by atoms with Crippen molar-refractivity contribution in [1.82, 2.24) is 0 Å². The number of halogens is 3. The van der Waals surface area contributed by atoms with Crippen LogP contribution in [0.25, 0.3) is 0 Å². The molecule has 0 amide bonds. The van der Waals surface area contributed by atoms with E-state index in [4.69, 9.17) is 23.2 Å². The summed E-state index contributed by atoms with van der Waals surface area (Å²) in [4.78, 5) is 12.3. The van der Waals surface area contributed by atoms with Gasteiger partial charge >= 0.3 is 0 Å². The van der Waals surface area contributed by atoms with Crippen molar-refractivity contribution >= 4 is 44.9 Å². The molecular formula is C14H9BrCl2O. The van der Waals surface area contributed by atoms with E-state index in [2.05, 4.69) is 15.9 Å². The zero-order chi connectivity index (χ0) is 13.1. The van der Waals surface area contributed by atoms with Gasteiger partial charge in [-0.15, -0.1) is 11.6 Å². The van der Waals surface area contributed by atoms with Crippen LogP contribution in [0.4, 0.5) is 0 Å². The SMILES string of the molecule is O=C(c1cccc(Br)c1Cl)C(Cl)c1ccccc1. The molecule has 4 heteroatoms. The number of alkyl halides is 1. The molecule has 1 unspecified atom stereocenters. The number of carbonyl (C=O) groups excluding carboxylic acids is 1. The fourth-order valence-electron chi connectivity index (χ4n) is 1.60. The van der Waals surface area contributed by atoms with Crippen LogP contribution < -0.4 is 0 Å². The maximum atomic E-state index is 12.3. The molecule has 1 atom stereocenters. The van der Waals surface area contributed by atoms with Crippen LogP contribution in [-0.4, -0.2) is 5.78 Å². The molecule has 0 N–H and O–H groups in total. The molecule has 2 rings (SSSR count). The van der Waals surface area contributed by atoms with Crippen molar-refractivity contribution in [2.45, 2.75) is 5.38 Å². The molecule has 0 bridgehead atoms. The predicted molar refractivity (Wildman–Crippen MR) is 78.5 cm³/mol. The third kappa shape index (κ3) is 2.77. The summed E-state index contributed by atoms with van der Waals surface area (Å²) < 4.78 is 0.687. The number of Topliss-reactive ketones (excluding diaryl/α,β-unsaturated/α-hetero) is 1. The van der Waals surface area contributed by atoms with Gasteiger partial charge in [0.1, 0.15) is 5.38 Å². The second-order valence-electron chi connectivity index (χ2n) is 3.74. The quantitative estimate of drug-likeness (QED) is 0.548. The number of hydrogen-bond acceptors (Lipinski definition) is 1. The van der Waals surface area contributed by atoms with Crippen molar-refractivity contribution in [2.24, 2.45) is 0 Å². The van der Waals surface area contributed by atoms with E-state index in [1.165, 1.54) is 0 Å². The van der Waals surface area contributed by atoms with E-state index < -0.39 is 5.38 Å². The first kappa shape index (κ1) is 13.6. The van der Waals surface area contributed by atoms with E-state index in [-0.39, 0.29) is 5.78 Å². The normalized spacial score (nSPS) is 12.2. The predicted octanol–water partition coefficient (Wildman–Crippen LogP) is 5.27. The van der Waals surface area contributed by atoms with Gasteiger partial charge in [-0.3, -0.25) is 4.79 Å². The van der Waals surface area contributed by atoms with Crippen molar-refractivity contribution in [3.8, 4) is 0 Å². The Balaban J connectivity index is 2.35. The lowest BCUT2D eigenvalue weighted by Gasteiger charge is -2.10. The van der Waals surface area contributed by atoms with E-state index >= 15 is 0 Å². The Kier molecular flexibility index (Phi) is 4.44. The second kappa shape index (κ2) is 5.87. The zero-order valence-electron chi connectivity index (χ0n) is 9.24. The molecular weight excluding hydrogens is 335 g/mol. The number of ketones is 1. The van der Waals surface area contributed by atoms with E-state index in [0.29, 0.717) is 15.1 Å². The van der Waals surface area contributed by atoms with Gasteiger partial charge in [0.15, 0.2) is 5.78 Å². The summed E-state index contributed by atoms with van der Waals surface area (Å²) in [6, 6.07) is 14.4. The molecule has 0 aromatic heterocycles. The number of benzene rings is 2. The van der Waals surface area contributed by atoms with Gasteiger partial charge in [-0.1, -0.05) is 48.0 Å². The summed E-state index contributed by atoms with van der Waals surface area (Å²) in [6.07, 6.45) is 0. The van der Waals surface area contributed by atoms with Crippen LogP contribution in [0.5, 0.6) is 0 Å². The molecule has 0 saturated carbocycles. The van der Waals surface area contributed by atoms with E-state index in [0.717, 1.165) is 5.56 Å². The van der Waals surface area contributed by atoms with Crippen molar-refractivity contribution < 1.29 is 4.79 Å². The lowest BCUT2D eigenvalue weighted by Crippen LogP contribution is -2.08. The number of rotatable bonds is 3. The first-order chi connectivity index (χ1) is 8.61. The molecule has 2 aromatic rings. The topological polar surface area (TPSA) is 17.1 Å². The lowest BCUT2D eigenvalue weighted by atomic mass is 10.0. The molecule has 0 fully saturated rings. The molecule has 0 saturated heterocycles. The Morgan fingerprint density at radius 1 is 1.06 bits per heavy atom. The van der Waals surface area contributed by atoms with Crippen molar-refractivity contribution in [1.29, 1.82) is 0 Å². The maximum absolute atomic E-state index is 12.3. The summed E-state index contributed by atoms with van der Waals surface area (Å²) in [7, 11) is 0. The highest BCUT2D eigenvalue weighted by molar-refractivity contribution is 9.10. The van der Waals surface area contributed by atoms with Gasteiger partial charge in [0.25, 0.3) is 0 Å². The zero-order valence-corrected chi connectivity index (χ0v) is 12.3. The van der Waals surface area contributed by atoms with Crippen LogP contribution in [0.15, 0.2) is 53.0 Å². The van der Waals surface area contributed by atoms with Crippen molar-refractivity contribution in [3.63, 3.8) is 0 Å². The van der Waals surface area contributed by atoms with Gasteiger partial charge in [0, 0.05) is 10.0 Å². The smallest absolute Gasteiger partial charge is 0.186 e. The monoisotopic (exact) mass is 342 g/mol. The largest absolute Gasteiger partial charge is 0.292 e. The molecule has 18 heavy (non-hydrogen) atoms. The highest BCUT2D eigenvalue weighted by Gasteiger charge is 2.22. The summed E-state index contributed by atoms with van der Waals surface area (Å²) in [5.41, 5.74) is 1.19. The third-order valence-electron chi connectivity index (χ3n) is 2.54. The van der Waals surface area contributed by atoms with Crippen LogP contribution in [-0.2, 0) is 0 Å². The standard InChI is InChI=1S/C14H9BrCl2O/c15-11-8-4-7-10(13(11)17)14(18)12(16)9-5-2-1-3-6-9/h1-8,12H. The minimum absolute atomic E-state index is 0.200. The van der Waals surface area contributed by atoms with Gasteiger partial charge in [-0.25, -0.2) is 0 Å². The minimum Gasteiger partial charge on any atom is -0.292 e. The molecule has 0 aliphatic carbocycles. The van der Waals surface area contributed by atoms with E-state index in [9.17, 15) is 4.79 Å².